The van der Waals surface area contributed by atoms with E-state index in [9.17, 15) is 9.59 Å². The number of esters is 1. The van der Waals surface area contributed by atoms with Gasteiger partial charge in [-0.2, -0.15) is 11.8 Å². The van der Waals surface area contributed by atoms with Gasteiger partial charge in [-0.25, -0.2) is 0 Å². The minimum absolute atomic E-state index is 0.0139. The molecule has 0 saturated carbocycles. The first kappa shape index (κ1) is 18.1. The number of ether oxygens (including phenoxy) is 1. The van der Waals surface area contributed by atoms with Crippen molar-refractivity contribution < 1.29 is 14.3 Å². The fourth-order valence-electron chi connectivity index (χ4n) is 2.59. The minimum atomic E-state index is -0.167. The summed E-state index contributed by atoms with van der Waals surface area (Å²) in [6, 6.07) is 9.16. The summed E-state index contributed by atoms with van der Waals surface area (Å²) in [5, 5.41) is 3.26. The Labute approximate surface area is 146 Å². The van der Waals surface area contributed by atoms with Crippen LogP contribution in [0.1, 0.15) is 36.0 Å². The quantitative estimate of drug-likeness (QED) is 0.463. The van der Waals surface area contributed by atoms with E-state index in [0.717, 1.165) is 25.0 Å². The Kier molecular flexibility index (Phi) is 7.24. The molecule has 2 rings (SSSR count). The van der Waals surface area contributed by atoms with Crippen molar-refractivity contribution in [2.24, 2.45) is 0 Å². The average molecular weight is 356 g/mol. The van der Waals surface area contributed by atoms with Gasteiger partial charge < -0.3 is 10.1 Å². The van der Waals surface area contributed by atoms with Gasteiger partial charge in [0, 0.05) is 23.0 Å². The third kappa shape index (κ3) is 5.43. The molecule has 0 bridgehead atoms. The third-order valence-corrected chi connectivity index (χ3v) is 6.20. The molecular formula is C17H22ClNO3S. The van der Waals surface area contributed by atoms with E-state index in [-0.39, 0.29) is 23.3 Å². The van der Waals surface area contributed by atoms with Crippen LogP contribution in [0, 0.1) is 0 Å². The van der Waals surface area contributed by atoms with Crippen LogP contribution in [0.5, 0.6) is 0 Å². The number of halogens is 1. The second-order valence-corrected chi connectivity index (χ2v) is 7.36. The Balaban J connectivity index is 1.74. The highest BCUT2D eigenvalue weighted by Crippen LogP contribution is 2.34. The van der Waals surface area contributed by atoms with Crippen molar-refractivity contribution in [1.82, 2.24) is 5.32 Å². The van der Waals surface area contributed by atoms with E-state index in [1.54, 1.807) is 23.9 Å². The predicted molar refractivity (Wildman–Crippen MR) is 94.1 cm³/mol. The Morgan fingerprint density at radius 1 is 1.30 bits per heavy atom. The lowest BCUT2D eigenvalue weighted by Crippen LogP contribution is -2.41. The smallest absolute Gasteiger partial charge is 0.305 e. The number of carbonyl (C=O) groups is 2. The lowest BCUT2D eigenvalue weighted by atomic mass is 10.1. The maximum atomic E-state index is 12.2. The van der Waals surface area contributed by atoms with Crippen LogP contribution in [0.4, 0.5) is 0 Å². The molecule has 0 aliphatic carbocycles. The molecule has 1 N–H and O–H groups in total. The lowest BCUT2D eigenvalue weighted by molar-refractivity contribution is -0.140. The van der Waals surface area contributed by atoms with Crippen LogP contribution in [0.3, 0.4) is 0 Å². The number of hydrogen-bond donors (Lipinski definition) is 1. The maximum Gasteiger partial charge on any atom is 0.305 e. The summed E-state index contributed by atoms with van der Waals surface area (Å²) in [5.41, 5.74) is 0.655. The number of methoxy groups -OCH3 is 1. The summed E-state index contributed by atoms with van der Waals surface area (Å²) in [6.45, 7) is 0. The fourth-order valence-corrected chi connectivity index (χ4v) is 4.65. The van der Waals surface area contributed by atoms with Crippen molar-refractivity contribution in [1.29, 1.82) is 0 Å². The number of nitrogens with one attached hydrogen (secondary N) is 1. The summed E-state index contributed by atoms with van der Waals surface area (Å²) >= 11 is 8.31. The van der Waals surface area contributed by atoms with Crippen LogP contribution in [0.15, 0.2) is 30.3 Å². The van der Waals surface area contributed by atoms with Gasteiger partial charge in [-0.05, 0) is 25.0 Å². The Morgan fingerprint density at radius 2 is 2.04 bits per heavy atom. The highest BCUT2D eigenvalue weighted by atomic mass is 35.5. The van der Waals surface area contributed by atoms with E-state index in [1.165, 1.54) is 7.11 Å². The number of thioether (sulfide) groups is 1. The number of alkyl halides is 1. The van der Waals surface area contributed by atoms with Crippen LogP contribution in [0.25, 0.3) is 0 Å². The van der Waals surface area contributed by atoms with E-state index >= 15 is 0 Å². The fraction of sp³-hybridized carbons (Fsp3) is 0.529. The molecule has 0 unspecified atom stereocenters. The molecule has 3 atom stereocenters. The van der Waals surface area contributed by atoms with E-state index < -0.39 is 0 Å². The first-order valence-electron chi connectivity index (χ1n) is 7.80. The molecule has 1 fully saturated rings. The van der Waals surface area contributed by atoms with Gasteiger partial charge >= 0.3 is 5.97 Å². The number of benzene rings is 1. The molecule has 0 radical (unpaired) electrons. The Hall–Kier alpha value is -1.20. The summed E-state index contributed by atoms with van der Waals surface area (Å²) in [4.78, 5) is 23.3. The summed E-state index contributed by atoms with van der Waals surface area (Å²) in [5.74, 6) is 0.585. The van der Waals surface area contributed by atoms with Crippen molar-refractivity contribution >= 4 is 35.2 Å². The first-order chi connectivity index (χ1) is 11.1. The minimum Gasteiger partial charge on any atom is -0.469 e. The monoisotopic (exact) mass is 355 g/mol. The lowest BCUT2D eigenvalue weighted by Gasteiger charge is -2.19. The zero-order valence-corrected chi connectivity index (χ0v) is 14.7. The standard InChI is InChI=1S/C17H22ClNO3S/c1-22-15(20)10-6-5-9-14-16(18)13(11-23-14)19-17(21)12-7-3-2-4-8-12/h2-4,7-8,13-14,16H,5-6,9-11H2,1H3,(H,19,21)/t13-,14+,16-/m0/s1. The predicted octanol–water partition coefficient (Wildman–Crippen LogP) is 3.24. The molecule has 126 valence electrons. The SMILES string of the molecule is COC(=O)CCCC[C@H]1SC[C@H](NC(=O)c2ccccc2)[C@@H]1Cl. The zero-order valence-electron chi connectivity index (χ0n) is 13.2. The van der Waals surface area contributed by atoms with Crippen LogP contribution in [-0.4, -0.2) is 41.4 Å². The van der Waals surface area contributed by atoms with Crippen molar-refractivity contribution in [3.8, 4) is 0 Å². The largest absolute Gasteiger partial charge is 0.469 e. The first-order valence-corrected chi connectivity index (χ1v) is 9.28. The topological polar surface area (TPSA) is 55.4 Å². The number of carbonyl (C=O) groups excluding carboxylic acids is 2. The molecule has 1 amide bonds. The average Bonchev–Trinajstić information content (AvgIpc) is 2.92. The maximum absolute atomic E-state index is 12.2. The van der Waals surface area contributed by atoms with Crippen LogP contribution in [-0.2, 0) is 9.53 Å². The molecule has 4 nitrogen and oxygen atoms in total. The second-order valence-electron chi connectivity index (χ2n) is 5.58. The molecular weight excluding hydrogens is 334 g/mol. The third-order valence-electron chi connectivity index (χ3n) is 3.93. The molecule has 0 aromatic heterocycles. The summed E-state index contributed by atoms with van der Waals surface area (Å²) < 4.78 is 4.63. The Bertz CT molecular complexity index is 526. The van der Waals surface area contributed by atoms with Gasteiger partial charge in [0.1, 0.15) is 0 Å². The number of amides is 1. The zero-order chi connectivity index (χ0) is 16.7. The van der Waals surface area contributed by atoms with E-state index in [2.05, 4.69) is 10.1 Å². The van der Waals surface area contributed by atoms with Gasteiger partial charge in [0.15, 0.2) is 0 Å². The molecule has 23 heavy (non-hydrogen) atoms. The van der Waals surface area contributed by atoms with Crippen LogP contribution >= 0.6 is 23.4 Å². The van der Waals surface area contributed by atoms with Crippen molar-refractivity contribution in [3.63, 3.8) is 0 Å². The highest BCUT2D eigenvalue weighted by Gasteiger charge is 2.35. The van der Waals surface area contributed by atoms with Crippen LogP contribution < -0.4 is 5.32 Å². The molecule has 1 heterocycles. The van der Waals surface area contributed by atoms with E-state index in [0.29, 0.717) is 17.2 Å². The van der Waals surface area contributed by atoms with Crippen molar-refractivity contribution in [2.45, 2.75) is 42.4 Å². The molecule has 1 saturated heterocycles. The molecule has 1 aromatic rings. The van der Waals surface area contributed by atoms with Gasteiger partial charge in [-0.15, -0.1) is 11.6 Å². The van der Waals surface area contributed by atoms with E-state index in [4.69, 9.17) is 11.6 Å². The Morgan fingerprint density at radius 3 is 2.74 bits per heavy atom. The van der Waals surface area contributed by atoms with Gasteiger partial charge in [-0.3, -0.25) is 9.59 Å². The van der Waals surface area contributed by atoms with Crippen molar-refractivity contribution in [2.75, 3.05) is 12.9 Å². The molecule has 1 aliphatic rings. The van der Waals surface area contributed by atoms with E-state index in [1.807, 2.05) is 18.2 Å². The molecule has 1 aliphatic heterocycles. The molecule has 0 spiro atoms. The second kappa shape index (κ2) is 9.18. The van der Waals surface area contributed by atoms with Gasteiger partial charge in [0.05, 0.1) is 18.5 Å². The van der Waals surface area contributed by atoms with Crippen LogP contribution in [0.2, 0.25) is 0 Å². The summed E-state index contributed by atoms with van der Waals surface area (Å²) in [7, 11) is 1.41. The van der Waals surface area contributed by atoms with Gasteiger partial charge in [0.25, 0.3) is 5.91 Å². The normalized spacial score (nSPS) is 23.5. The van der Waals surface area contributed by atoms with Gasteiger partial charge in [0.2, 0.25) is 0 Å². The number of unbranched alkanes of at least 4 members (excludes halogenated alkanes) is 1. The molecule has 1 aromatic carbocycles. The van der Waals surface area contributed by atoms with Crippen molar-refractivity contribution in [3.05, 3.63) is 35.9 Å². The number of hydrogen-bond acceptors (Lipinski definition) is 4. The highest BCUT2D eigenvalue weighted by molar-refractivity contribution is 8.00. The van der Waals surface area contributed by atoms with Gasteiger partial charge in [-0.1, -0.05) is 24.6 Å². The summed E-state index contributed by atoms with van der Waals surface area (Å²) in [6.07, 6.45) is 3.16. The molecule has 6 heteroatoms. The number of rotatable bonds is 7.